The highest BCUT2D eigenvalue weighted by Crippen LogP contribution is 2.37. The van der Waals surface area contributed by atoms with Crippen molar-refractivity contribution in [1.29, 1.82) is 0 Å². The molecule has 0 bridgehead atoms. The van der Waals surface area contributed by atoms with Crippen molar-refractivity contribution < 1.29 is 5.11 Å². The standard InChI is InChI=1S/C26H28N6O/c1-31-12-9-21-20(8-10-28-26(21)31)19-5-6-24(23-15-27-14-22(19)23)30-25-7-4-17(13-29-25)32-11-2-3-18(33)16-32/h4-10,12-13,18,27,33H,2-3,11,14-16H2,1H3,(H,29,30)/t18-/m1/s1. The Balaban J connectivity index is 1.30. The fourth-order valence-electron chi connectivity index (χ4n) is 5.15. The molecule has 3 N–H and O–H groups in total. The van der Waals surface area contributed by atoms with Crippen molar-refractivity contribution in [3.63, 3.8) is 0 Å². The van der Waals surface area contributed by atoms with Crippen LogP contribution in [-0.2, 0) is 20.1 Å². The van der Waals surface area contributed by atoms with Gasteiger partial charge in [0.1, 0.15) is 11.5 Å². The number of aliphatic hydroxyl groups excluding tert-OH is 1. The second-order valence-corrected chi connectivity index (χ2v) is 9.01. The first-order chi connectivity index (χ1) is 16.2. The van der Waals surface area contributed by atoms with Crippen LogP contribution in [0, 0.1) is 0 Å². The van der Waals surface area contributed by atoms with Gasteiger partial charge in [0.15, 0.2) is 0 Å². The van der Waals surface area contributed by atoms with Gasteiger partial charge in [-0.25, -0.2) is 9.97 Å². The van der Waals surface area contributed by atoms with Crippen molar-refractivity contribution in [3.05, 3.63) is 66.1 Å². The van der Waals surface area contributed by atoms with Crippen molar-refractivity contribution in [2.24, 2.45) is 7.05 Å². The number of benzene rings is 1. The molecule has 3 aromatic heterocycles. The predicted molar refractivity (Wildman–Crippen MR) is 132 cm³/mol. The van der Waals surface area contributed by atoms with Gasteiger partial charge in [-0.2, -0.15) is 0 Å². The number of nitrogens with one attached hydrogen (secondary N) is 2. The van der Waals surface area contributed by atoms with Crippen LogP contribution in [0.4, 0.5) is 17.2 Å². The highest BCUT2D eigenvalue weighted by molar-refractivity contribution is 5.95. The highest BCUT2D eigenvalue weighted by atomic mass is 16.3. The Kier molecular flexibility index (Phi) is 5.00. The second kappa shape index (κ2) is 8.17. The lowest BCUT2D eigenvalue weighted by atomic mass is 9.94. The Bertz CT molecular complexity index is 1310. The van der Waals surface area contributed by atoms with Crippen molar-refractivity contribution in [1.82, 2.24) is 19.9 Å². The van der Waals surface area contributed by atoms with Crippen molar-refractivity contribution in [2.45, 2.75) is 32.0 Å². The van der Waals surface area contributed by atoms with Crippen LogP contribution in [0.15, 0.2) is 55.0 Å². The maximum absolute atomic E-state index is 9.96. The number of hydrogen-bond acceptors (Lipinski definition) is 6. The molecular formula is C26H28N6O. The zero-order chi connectivity index (χ0) is 22.4. The van der Waals surface area contributed by atoms with Crippen LogP contribution >= 0.6 is 0 Å². The molecule has 1 atom stereocenters. The van der Waals surface area contributed by atoms with E-state index in [1.165, 1.54) is 27.6 Å². The Morgan fingerprint density at radius 1 is 1.03 bits per heavy atom. The zero-order valence-corrected chi connectivity index (χ0v) is 18.8. The SMILES string of the molecule is Cn1ccc2c(-c3ccc(Nc4ccc(N5CCC[C@@H](O)C5)cn4)c4c3CNC4)ccnc21. The molecule has 7 heteroatoms. The number of aliphatic hydroxyl groups is 1. The van der Waals surface area contributed by atoms with Crippen LogP contribution in [0.25, 0.3) is 22.2 Å². The normalized spacial score (nSPS) is 18.0. The summed E-state index contributed by atoms with van der Waals surface area (Å²) < 4.78 is 2.06. The van der Waals surface area contributed by atoms with Crippen LogP contribution in [0.2, 0.25) is 0 Å². The average Bonchev–Trinajstić information content (AvgIpc) is 3.48. The number of piperidine rings is 1. The molecule has 0 unspecified atom stereocenters. The Morgan fingerprint density at radius 3 is 2.79 bits per heavy atom. The molecule has 0 amide bonds. The molecular weight excluding hydrogens is 412 g/mol. The fraction of sp³-hybridized carbons (Fsp3) is 0.308. The molecule has 0 radical (unpaired) electrons. The summed E-state index contributed by atoms with van der Waals surface area (Å²) >= 11 is 0. The van der Waals surface area contributed by atoms with Crippen molar-refractivity contribution >= 4 is 28.2 Å². The summed E-state index contributed by atoms with van der Waals surface area (Å²) in [5.41, 5.74) is 8.25. The van der Waals surface area contributed by atoms with E-state index in [2.05, 4.69) is 66.6 Å². The quantitative estimate of drug-likeness (QED) is 0.446. The van der Waals surface area contributed by atoms with Gasteiger partial charge in [0.2, 0.25) is 0 Å². The monoisotopic (exact) mass is 440 g/mol. The first-order valence-electron chi connectivity index (χ1n) is 11.6. The number of anilines is 3. The molecule has 0 aliphatic carbocycles. The highest BCUT2D eigenvalue weighted by Gasteiger charge is 2.21. The molecule has 0 spiro atoms. The predicted octanol–water partition coefficient (Wildman–Crippen LogP) is 3.94. The summed E-state index contributed by atoms with van der Waals surface area (Å²) in [6.45, 7) is 3.33. The van der Waals surface area contributed by atoms with E-state index >= 15 is 0 Å². The molecule has 6 rings (SSSR count). The van der Waals surface area contributed by atoms with Gasteiger partial charge >= 0.3 is 0 Å². The van der Waals surface area contributed by atoms with E-state index in [1.54, 1.807) is 0 Å². The average molecular weight is 441 g/mol. The van der Waals surface area contributed by atoms with E-state index in [0.29, 0.717) is 6.54 Å². The van der Waals surface area contributed by atoms with E-state index in [9.17, 15) is 5.11 Å². The number of hydrogen-bond donors (Lipinski definition) is 3. The van der Waals surface area contributed by atoms with E-state index in [1.807, 2.05) is 25.5 Å². The van der Waals surface area contributed by atoms with Gasteiger partial charge in [-0.1, -0.05) is 6.07 Å². The third-order valence-electron chi connectivity index (χ3n) is 6.87. The van der Waals surface area contributed by atoms with Gasteiger partial charge in [-0.05, 0) is 65.4 Å². The fourth-order valence-corrected chi connectivity index (χ4v) is 5.15. The van der Waals surface area contributed by atoms with Crippen LogP contribution in [0.5, 0.6) is 0 Å². The number of β-amino-alcohol motifs (C(OH)–C–C–N with tert-alkyl or cyclic N) is 1. The van der Waals surface area contributed by atoms with Gasteiger partial charge in [0.25, 0.3) is 0 Å². The van der Waals surface area contributed by atoms with Gasteiger partial charge in [-0.15, -0.1) is 0 Å². The lowest BCUT2D eigenvalue weighted by molar-refractivity contribution is 0.154. The minimum Gasteiger partial charge on any atom is -0.391 e. The molecule has 2 aliphatic heterocycles. The van der Waals surface area contributed by atoms with E-state index in [-0.39, 0.29) is 6.10 Å². The molecule has 1 fully saturated rings. The Morgan fingerprint density at radius 2 is 1.94 bits per heavy atom. The van der Waals surface area contributed by atoms with E-state index < -0.39 is 0 Å². The van der Waals surface area contributed by atoms with Gasteiger partial charge in [0.05, 0.1) is 18.0 Å². The molecule has 33 heavy (non-hydrogen) atoms. The number of fused-ring (bicyclic) bond motifs is 2. The first kappa shape index (κ1) is 20.2. The number of rotatable bonds is 4. The molecule has 1 aromatic carbocycles. The maximum Gasteiger partial charge on any atom is 0.140 e. The maximum atomic E-state index is 9.96. The molecule has 4 aromatic rings. The lowest BCUT2D eigenvalue weighted by Gasteiger charge is -2.31. The largest absolute Gasteiger partial charge is 0.391 e. The summed E-state index contributed by atoms with van der Waals surface area (Å²) in [7, 11) is 2.03. The summed E-state index contributed by atoms with van der Waals surface area (Å²) in [4.78, 5) is 11.4. The van der Waals surface area contributed by atoms with E-state index in [4.69, 9.17) is 0 Å². The van der Waals surface area contributed by atoms with Crippen molar-refractivity contribution in [3.8, 4) is 11.1 Å². The van der Waals surface area contributed by atoms with Gasteiger partial charge < -0.3 is 25.2 Å². The number of nitrogens with zero attached hydrogens (tertiary/aromatic N) is 4. The van der Waals surface area contributed by atoms with Crippen LogP contribution in [0.3, 0.4) is 0 Å². The van der Waals surface area contributed by atoms with Gasteiger partial charge in [0, 0.05) is 56.7 Å². The summed E-state index contributed by atoms with van der Waals surface area (Å²) in [5.74, 6) is 0.826. The lowest BCUT2D eigenvalue weighted by Crippen LogP contribution is -2.38. The Labute approximate surface area is 193 Å². The third kappa shape index (κ3) is 3.63. The topological polar surface area (TPSA) is 78.2 Å². The molecule has 0 saturated carbocycles. The smallest absolute Gasteiger partial charge is 0.140 e. The summed E-state index contributed by atoms with van der Waals surface area (Å²) in [6.07, 6.45) is 7.51. The Hall–Kier alpha value is -3.42. The number of aryl methyl sites for hydroxylation is 1. The minimum absolute atomic E-state index is 0.248. The first-order valence-corrected chi connectivity index (χ1v) is 11.6. The minimum atomic E-state index is -0.248. The molecule has 7 nitrogen and oxygen atoms in total. The van der Waals surface area contributed by atoms with Crippen LogP contribution < -0.4 is 15.5 Å². The third-order valence-corrected chi connectivity index (χ3v) is 6.87. The zero-order valence-electron chi connectivity index (χ0n) is 18.8. The van der Waals surface area contributed by atoms with E-state index in [0.717, 1.165) is 55.3 Å². The molecule has 5 heterocycles. The van der Waals surface area contributed by atoms with Crippen LogP contribution in [0.1, 0.15) is 24.0 Å². The number of aromatic nitrogens is 3. The summed E-state index contributed by atoms with van der Waals surface area (Å²) in [5, 5.41) is 18.2. The number of pyridine rings is 2. The molecule has 2 aliphatic rings. The van der Waals surface area contributed by atoms with Crippen molar-refractivity contribution in [2.75, 3.05) is 23.3 Å². The molecule has 168 valence electrons. The molecule has 1 saturated heterocycles. The summed E-state index contributed by atoms with van der Waals surface area (Å²) in [6, 6.07) is 12.7. The van der Waals surface area contributed by atoms with Crippen LogP contribution in [-0.4, -0.2) is 38.8 Å². The second-order valence-electron chi connectivity index (χ2n) is 9.01. The van der Waals surface area contributed by atoms with Gasteiger partial charge in [-0.3, -0.25) is 0 Å².